The van der Waals surface area contributed by atoms with Crippen LogP contribution in [0.2, 0.25) is 0 Å². The van der Waals surface area contributed by atoms with Crippen molar-refractivity contribution in [3.05, 3.63) is 40.3 Å². The minimum Gasteiger partial charge on any atom is -0.381 e. The average Bonchev–Trinajstić information content (AvgIpc) is 2.44. The van der Waals surface area contributed by atoms with Crippen molar-refractivity contribution in [3.8, 4) is 0 Å². The molecule has 2 rings (SSSR count). The Bertz CT molecular complexity index is 673. The van der Waals surface area contributed by atoms with Gasteiger partial charge in [-0.2, -0.15) is 0 Å². The summed E-state index contributed by atoms with van der Waals surface area (Å²) < 4.78 is 14.2. The van der Waals surface area contributed by atoms with Crippen molar-refractivity contribution in [2.75, 3.05) is 11.9 Å². The quantitative estimate of drug-likeness (QED) is 0.668. The normalized spacial score (nSPS) is 12.6. The second-order valence-corrected chi connectivity index (χ2v) is 5.51. The van der Waals surface area contributed by atoms with Crippen molar-refractivity contribution in [1.29, 1.82) is 0 Å². The molecule has 1 heterocycles. The summed E-state index contributed by atoms with van der Waals surface area (Å²) in [5.41, 5.74) is 0.252. The van der Waals surface area contributed by atoms with Gasteiger partial charge in [0, 0.05) is 12.7 Å². The first-order chi connectivity index (χ1) is 9.91. The highest BCUT2D eigenvalue weighted by Crippen LogP contribution is 2.32. The summed E-state index contributed by atoms with van der Waals surface area (Å²) >= 11 is 0. The minimum atomic E-state index is -0.649. The molecular formula is C15H18FN3O2. The summed E-state index contributed by atoms with van der Waals surface area (Å²) in [5, 5.41) is 14.4. The standard InChI is InChI=1S/C15H18FN3O2/c1-9(2)10(3)8-18-15-12(16)7-13(19(20)21)11-5-4-6-17-14(11)15/h4-7,9-10,18H,8H2,1-3H3. The van der Waals surface area contributed by atoms with Gasteiger partial charge in [-0.1, -0.05) is 20.8 Å². The lowest BCUT2D eigenvalue weighted by molar-refractivity contribution is -0.383. The van der Waals surface area contributed by atoms with E-state index in [1.165, 1.54) is 6.20 Å². The highest BCUT2D eigenvalue weighted by molar-refractivity contribution is 5.97. The highest BCUT2D eigenvalue weighted by atomic mass is 19.1. The molecule has 0 radical (unpaired) electrons. The molecule has 0 bridgehead atoms. The van der Waals surface area contributed by atoms with Gasteiger partial charge in [-0.05, 0) is 24.0 Å². The van der Waals surface area contributed by atoms with E-state index in [1.54, 1.807) is 12.1 Å². The van der Waals surface area contributed by atoms with Gasteiger partial charge < -0.3 is 5.32 Å². The van der Waals surface area contributed by atoms with E-state index in [4.69, 9.17) is 0 Å². The van der Waals surface area contributed by atoms with Crippen LogP contribution in [0.25, 0.3) is 10.9 Å². The van der Waals surface area contributed by atoms with E-state index >= 15 is 0 Å². The lowest BCUT2D eigenvalue weighted by Crippen LogP contribution is -2.17. The number of nitro benzene ring substituents is 1. The monoisotopic (exact) mass is 291 g/mol. The molecule has 0 saturated carbocycles. The summed E-state index contributed by atoms with van der Waals surface area (Å²) in [7, 11) is 0. The highest BCUT2D eigenvalue weighted by Gasteiger charge is 2.20. The molecule has 0 spiro atoms. The number of hydrogen-bond acceptors (Lipinski definition) is 4. The number of halogens is 1. The Hall–Kier alpha value is -2.24. The number of nitro groups is 1. The first kappa shape index (κ1) is 15.2. The van der Waals surface area contributed by atoms with Crippen LogP contribution in [-0.2, 0) is 0 Å². The first-order valence-corrected chi connectivity index (χ1v) is 6.87. The second kappa shape index (κ2) is 6.03. The van der Waals surface area contributed by atoms with Crippen molar-refractivity contribution < 1.29 is 9.31 Å². The van der Waals surface area contributed by atoms with Crippen molar-refractivity contribution in [1.82, 2.24) is 4.98 Å². The van der Waals surface area contributed by atoms with Gasteiger partial charge in [-0.25, -0.2) is 4.39 Å². The van der Waals surface area contributed by atoms with E-state index in [0.29, 0.717) is 29.3 Å². The number of rotatable bonds is 5. The SMILES string of the molecule is CC(C)C(C)CNc1c(F)cc([N+](=O)[O-])c2cccnc12. The van der Waals surface area contributed by atoms with Gasteiger partial charge in [0.05, 0.1) is 22.1 Å². The third-order valence-corrected chi connectivity index (χ3v) is 3.76. The molecule has 0 amide bonds. The maximum Gasteiger partial charge on any atom is 0.281 e. The fourth-order valence-corrected chi connectivity index (χ4v) is 2.01. The number of fused-ring (bicyclic) bond motifs is 1. The van der Waals surface area contributed by atoms with Crippen LogP contribution in [0.4, 0.5) is 15.8 Å². The molecular weight excluding hydrogens is 273 g/mol. The molecule has 0 fully saturated rings. The Morgan fingerprint density at radius 1 is 1.43 bits per heavy atom. The number of benzene rings is 1. The summed E-state index contributed by atoms with van der Waals surface area (Å²) in [6, 6.07) is 4.14. The zero-order valence-electron chi connectivity index (χ0n) is 12.3. The maximum atomic E-state index is 14.2. The Balaban J connectivity index is 2.47. The molecule has 1 aromatic carbocycles. The van der Waals surface area contributed by atoms with Gasteiger partial charge in [0.1, 0.15) is 5.52 Å². The Morgan fingerprint density at radius 3 is 2.76 bits per heavy atom. The summed E-state index contributed by atoms with van der Waals surface area (Å²) in [6.45, 7) is 6.83. The molecule has 1 unspecified atom stereocenters. The van der Waals surface area contributed by atoms with Crippen molar-refractivity contribution in [3.63, 3.8) is 0 Å². The van der Waals surface area contributed by atoms with Crippen LogP contribution in [-0.4, -0.2) is 16.5 Å². The molecule has 112 valence electrons. The van der Waals surface area contributed by atoms with Crippen LogP contribution >= 0.6 is 0 Å². The van der Waals surface area contributed by atoms with Gasteiger partial charge in [0.25, 0.3) is 5.69 Å². The zero-order valence-corrected chi connectivity index (χ0v) is 12.3. The average molecular weight is 291 g/mol. The van der Waals surface area contributed by atoms with E-state index in [-0.39, 0.29) is 11.4 Å². The molecule has 0 aliphatic rings. The van der Waals surface area contributed by atoms with Crippen LogP contribution in [0, 0.1) is 27.8 Å². The molecule has 1 N–H and O–H groups in total. The molecule has 1 aromatic heterocycles. The summed E-state index contributed by atoms with van der Waals surface area (Å²) in [6.07, 6.45) is 1.50. The Morgan fingerprint density at radius 2 is 2.14 bits per heavy atom. The second-order valence-electron chi connectivity index (χ2n) is 5.51. The smallest absolute Gasteiger partial charge is 0.281 e. The molecule has 0 aliphatic carbocycles. The number of pyridine rings is 1. The number of anilines is 1. The van der Waals surface area contributed by atoms with Crippen molar-refractivity contribution >= 4 is 22.3 Å². The van der Waals surface area contributed by atoms with Gasteiger partial charge >= 0.3 is 0 Å². The lowest BCUT2D eigenvalue weighted by atomic mass is 9.98. The van der Waals surface area contributed by atoms with Crippen molar-refractivity contribution in [2.24, 2.45) is 11.8 Å². The number of non-ortho nitro benzene ring substituents is 1. The molecule has 2 aromatic rings. The van der Waals surface area contributed by atoms with Gasteiger partial charge in [-0.3, -0.25) is 15.1 Å². The minimum absolute atomic E-state index is 0.226. The number of hydrogen-bond donors (Lipinski definition) is 1. The number of aromatic nitrogens is 1. The Labute approximate surface area is 122 Å². The third-order valence-electron chi connectivity index (χ3n) is 3.76. The molecule has 1 atom stereocenters. The lowest BCUT2D eigenvalue weighted by Gasteiger charge is -2.18. The van der Waals surface area contributed by atoms with Crippen LogP contribution in [0.15, 0.2) is 24.4 Å². The fourth-order valence-electron chi connectivity index (χ4n) is 2.01. The predicted molar refractivity (Wildman–Crippen MR) is 80.8 cm³/mol. The van der Waals surface area contributed by atoms with Gasteiger partial charge in [0.2, 0.25) is 0 Å². The molecule has 0 saturated heterocycles. The Kier molecular flexibility index (Phi) is 4.35. The largest absolute Gasteiger partial charge is 0.381 e. The summed E-state index contributed by atoms with van der Waals surface area (Å²) in [4.78, 5) is 14.5. The van der Waals surface area contributed by atoms with Gasteiger partial charge in [0.15, 0.2) is 5.82 Å². The maximum absolute atomic E-state index is 14.2. The topological polar surface area (TPSA) is 68.1 Å². The molecule has 6 heteroatoms. The zero-order chi connectivity index (χ0) is 15.6. The predicted octanol–water partition coefficient (Wildman–Crippen LogP) is 3.99. The van der Waals surface area contributed by atoms with Crippen molar-refractivity contribution in [2.45, 2.75) is 20.8 Å². The van der Waals surface area contributed by atoms with E-state index < -0.39 is 10.7 Å². The first-order valence-electron chi connectivity index (χ1n) is 6.87. The van der Waals surface area contributed by atoms with Crippen LogP contribution in [0.3, 0.4) is 0 Å². The van der Waals surface area contributed by atoms with E-state index in [0.717, 1.165) is 6.07 Å². The van der Waals surface area contributed by atoms with E-state index in [9.17, 15) is 14.5 Å². The number of nitrogens with zero attached hydrogens (tertiary/aromatic N) is 2. The fraction of sp³-hybridized carbons (Fsp3) is 0.400. The van der Waals surface area contributed by atoms with E-state index in [2.05, 4.69) is 31.1 Å². The van der Waals surface area contributed by atoms with Crippen LogP contribution in [0.1, 0.15) is 20.8 Å². The molecule has 0 aliphatic heterocycles. The summed E-state index contributed by atoms with van der Waals surface area (Å²) in [5.74, 6) is 0.153. The van der Waals surface area contributed by atoms with Crippen LogP contribution < -0.4 is 5.32 Å². The molecule has 5 nitrogen and oxygen atoms in total. The molecule has 21 heavy (non-hydrogen) atoms. The number of nitrogens with one attached hydrogen (secondary N) is 1. The van der Waals surface area contributed by atoms with E-state index in [1.807, 2.05) is 0 Å². The van der Waals surface area contributed by atoms with Gasteiger partial charge in [-0.15, -0.1) is 0 Å². The van der Waals surface area contributed by atoms with Crippen LogP contribution in [0.5, 0.6) is 0 Å². The third kappa shape index (κ3) is 3.09.